The fourth-order valence-corrected chi connectivity index (χ4v) is 4.06. The predicted molar refractivity (Wildman–Crippen MR) is 126 cm³/mol. The molecule has 0 aliphatic rings. The highest BCUT2D eigenvalue weighted by Crippen LogP contribution is 2.30. The van der Waals surface area contributed by atoms with Crippen LogP contribution in [0.25, 0.3) is 0 Å². The summed E-state index contributed by atoms with van der Waals surface area (Å²) in [6.07, 6.45) is 2.04. The molecule has 0 saturated carbocycles. The Bertz CT molecular complexity index is 1110. The van der Waals surface area contributed by atoms with E-state index >= 15 is 0 Å². The van der Waals surface area contributed by atoms with E-state index in [1.807, 2.05) is 35.8 Å². The van der Waals surface area contributed by atoms with Gasteiger partial charge in [0.05, 0.1) is 10.8 Å². The van der Waals surface area contributed by atoms with Crippen molar-refractivity contribution in [1.29, 1.82) is 0 Å². The summed E-state index contributed by atoms with van der Waals surface area (Å²) in [4.78, 5) is 12.5. The lowest BCUT2D eigenvalue weighted by Gasteiger charge is -2.16. The van der Waals surface area contributed by atoms with Crippen LogP contribution in [0, 0.1) is 5.82 Å². The van der Waals surface area contributed by atoms with Crippen LogP contribution in [-0.4, -0.2) is 26.4 Å². The molecule has 0 fully saturated rings. The number of carbonyl (C=O) groups excluding carboxylic acids is 1. The number of amides is 1. The van der Waals surface area contributed by atoms with Gasteiger partial charge in [-0.1, -0.05) is 54.6 Å². The van der Waals surface area contributed by atoms with E-state index in [0.29, 0.717) is 23.3 Å². The summed E-state index contributed by atoms with van der Waals surface area (Å²) in [7, 11) is 0. The Balaban J connectivity index is 1.69. The second-order valence-electron chi connectivity index (χ2n) is 6.92. The highest BCUT2D eigenvalue weighted by molar-refractivity contribution is 7.99. The molecule has 1 atom stereocenters. The van der Waals surface area contributed by atoms with E-state index in [1.165, 1.54) is 30.0 Å². The Hall–Kier alpha value is -2.84. The van der Waals surface area contributed by atoms with Crippen LogP contribution in [0.1, 0.15) is 31.3 Å². The van der Waals surface area contributed by atoms with Gasteiger partial charge in [-0.25, -0.2) is 4.39 Å². The lowest BCUT2D eigenvalue weighted by atomic mass is 10.1. The monoisotopic (exact) mass is 474 g/mol. The highest BCUT2D eigenvalue weighted by atomic mass is 35.5. The summed E-state index contributed by atoms with van der Waals surface area (Å²) in [5, 5.41) is 12.1. The first-order valence-electron chi connectivity index (χ1n) is 10.1. The van der Waals surface area contributed by atoms with Gasteiger partial charge in [0.25, 0.3) is 0 Å². The molecule has 0 spiro atoms. The molecular formula is C23H24ClFN4O2S. The van der Waals surface area contributed by atoms with E-state index in [0.717, 1.165) is 17.7 Å². The van der Waals surface area contributed by atoms with Crippen LogP contribution in [0.2, 0.25) is 5.02 Å². The molecule has 1 amide bonds. The summed E-state index contributed by atoms with van der Waals surface area (Å²) in [5.74, 6) is 0.490. The average Bonchev–Trinajstić information content (AvgIpc) is 3.17. The molecule has 1 unspecified atom stereocenters. The summed E-state index contributed by atoms with van der Waals surface area (Å²) in [6.45, 7) is 8.07. The van der Waals surface area contributed by atoms with Crippen molar-refractivity contribution in [1.82, 2.24) is 14.8 Å². The van der Waals surface area contributed by atoms with Crippen LogP contribution in [0.3, 0.4) is 0 Å². The number of benzene rings is 2. The lowest BCUT2D eigenvalue weighted by Crippen LogP contribution is -2.16. The van der Waals surface area contributed by atoms with Gasteiger partial charge in [-0.2, -0.15) is 0 Å². The molecule has 9 heteroatoms. The van der Waals surface area contributed by atoms with Gasteiger partial charge >= 0.3 is 0 Å². The molecule has 1 heterocycles. The van der Waals surface area contributed by atoms with Crippen molar-refractivity contribution < 1.29 is 13.9 Å². The molecule has 0 bridgehead atoms. The quantitative estimate of drug-likeness (QED) is 0.302. The number of aromatic nitrogens is 3. The maximum atomic E-state index is 13.3. The number of anilines is 1. The second kappa shape index (κ2) is 11.2. The molecule has 3 aromatic rings. The average molecular weight is 475 g/mol. The molecule has 0 radical (unpaired) electrons. The van der Waals surface area contributed by atoms with Gasteiger partial charge in [0.15, 0.2) is 17.1 Å². The number of halogens is 2. The summed E-state index contributed by atoms with van der Waals surface area (Å²) >= 11 is 7.34. The number of allylic oxidation sites excluding steroid dienone is 1. The van der Waals surface area contributed by atoms with Crippen molar-refractivity contribution in [2.75, 3.05) is 11.1 Å². The van der Waals surface area contributed by atoms with E-state index < -0.39 is 11.9 Å². The minimum absolute atomic E-state index is 0.131. The number of ether oxygens (including phenoxy) is 1. The number of thioether (sulfide) groups is 1. The minimum atomic E-state index is -0.509. The number of aryl methyl sites for hydroxylation is 1. The van der Waals surface area contributed by atoms with E-state index in [1.54, 1.807) is 13.0 Å². The Kier molecular flexibility index (Phi) is 8.30. The molecule has 0 aliphatic heterocycles. The molecule has 32 heavy (non-hydrogen) atoms. The molecule has 6 nitrogen and oxygen atoms in total. The molecule has 1 aromatic heterocycles. The van der Waals surface area contributed by atoms with Crippen molar-refractivity contribution in [3.05, 3.63) is 77.3 Å². The van der Waals surface area contributed by atoms with Gasteiger partial charge in [-0.3, -0.25) is 9.36 Å². The maximum Gasteiger partial charge on any atom is 0.234 e. The number of hydrogen-bond donors (Lipinski definition) is 1. The Morgan fingerprint density at radius 1 is 1.34 bits per heavy atom. The van der Waals surface area contributed by atoms with Crippen LogP contribution >= 0.6 is 23.4 Å². The fourth-order valence-electron chi connectivity index (χ4n) is 3.09. The molecular weight excluding hydrogens is 451 g/mol. The number of carbonyl (C=O) groups is 1. The number of rotatable bonds is 10. The molecule has 2 aromatic carbocycles. The minimum Gasteiger partial charge on any atom is -0.481 e. The van der Waals surface area contributed by atoms with Gasteiger partial charge < -0.3 is 10.1 Å². The topological polar surface area (TPSA) is 69.0 Å². The normalized spacial score (nSPS) is 11.8. The molecule has 0 aliphatic carbocycles. The van der Waals surface area contributed by atoms with Crippen LogP contribution in [0.15, 0.2) is 60.3 Å². The smallest absolute Gasteiger partial charge is 0.234 e. The number of para-hydroxylation sites is 1. The Morgan fingerprint density at radius 3 is 2.84 bits per heavy atom. The fraction of sp³-hybridized carbons (Fsp3) is 0.261. The zero-order valence-corrected chi connectivity index (χ0v) is 19.4. The van der Waals surface area contributed by atoms with Gasteiger partial charge in [-0.05, 0) is 43.2 Å². The number of hydrogen-bond acceptors (Lipinski definition) is 5. The zero-order valence-electron chi connectivity index (χ0n) is 17.8. The number of nitrogens with zero attached hydrogens (tertiary/aromatic N) is 3. The Labute approximate surface area is 195 Å². The summed E-state index contributed by atoms with van der Waals surface area (Å²) in [6, 6.07) is 11.7. The molecule has 1 N–H and O–H groups in total. The summed E-state index contributed by atoms with van der Waals surface area (Å²) in [5.41, 5.74) is 1.89. The van der Waals surface area contributed by atoms with E-state index in [-0.39, 0.29) is 16.7 Å². The van der Waals surface area contributed by atoms with Crippen molar-refractivity contribution in [2.45, 2.75) is 38.1 Å². The SMILES string of the molecule is C=CCn1c(SCC(=O)Nc2ccccc2CC)nnc1C(C)Oc1ccc(F)cc1Cl. The van der Waals surface area contributed by atoms with E-state index in [4.69, 9.17) is 16.3 Å². The predicted octanol–water partition coefficient (Wildman–Crippen LogP) is 5.69. The number of nitrogens with one attached hydrogen (secondary N) is 1. The van der Waals surface area contributed by atoms with E-state index in [9.17, 15) is 9.18 Å². The van der Waals surface area contributed by atoms with Gasteiger partial charge in [0, 0.05) is 12.2 Å². The van der Waals surface area contributed by atoms with Gasteiger partial charge in [0.1, 0.15) is 11.6 Å². The first-order chi connectivity index (χ1) is 15.4. The van der Waals surface area contributed by atoms with Crippen molar-refractivity contribution >= 4 is 35.0 Å². The third-order valence-electron chi connectivity index (χ3n) is 4.62. The van der Waals surface area contributed by atoms with Crippen LogP contribution in [-0.2, 0) is 17.8 Å². The third-order valence-corrected chi connectivity index (χ3v) is 5.89. The first kappa shape index (κ1) is 23.8. The maximum absolute atomic E-state index is 13.3. The molecule has 168 valence electrons. The van der Waals surface area contributed by atoms with Crippen LogP contribution < -0.4 is 10.1 Å². The van der Waals surface area contributed by atoms with Crippen molar-refractivity contribution in [2.24, 2.45) is 0 Å². The second-order valence-corrected chi connectivity index (χ2v) is 8.27. The third kappa shape index (κ3) is 5.89. The molecule has 0 saturated heterocycles. The van der Waals surface area contributed by atoms with Crippen molar-refractivity contribution in [3.63, 3.8) is 0 Å². The summed E-state index contributed by atoms with van der Waals surface area (Å²) < 4.78 is 21.0. The van der Waals surface area contributed by atoms with Crippen LogP contribution in [0.5, 0.6) is 5.75 Å². The van der Waals surface area contributed by atoms with Gasteiger partial charge in [0.2, 0.25) is 5.91 Å². The molecule has 3 rings (SSSR count). The van der Waals surface area contributed by atoms with Crippen molar-refractivity contribution in [3.8, 4) is 5.75 Å². The first-order valence-corrected chi connectivity index (χ1v) is 11.5. The largest absolute Gasteiger partial charge is 0.481 e. The van der Waals surface area contributed by atoms with Crippen LogP contribution in [0.4, 0.5) is 10.1 Å². The lowest BCUT2D eigenvalue weighted by molar-refractivity contribution is -0.113. The Morgan fingerprint density at radius 2 is 2.12 bits per heavy atom. The highest BCUT2D eigenvalue weighted by Gasteiger charge is 2.21. The van der Waals surface area contributed by atoms with E-state index in [2.05, 4.69) is 22.1 Å². The zero-order chi connectivity index (χ0) is 23.1. The standard InChI is InChI=1S/C23H24ClFN4O2S/c1-4-12-29-22(15(3)31-20-11-10-17(25)13-18(20)24)27-28-23(29)32-14-21(30)26-19-9-7-6-8-16(19)5-2/h4,6-11,13,15H,1,5,12,14H2,2-3H3,(H,26,30). The van der Waals surface area contributed by atoms with Gasteiger partial charge in [-0.15, -0.1) is 16.8 Å².